The first-order valence-corrected chi connectivity index (χ1v) is 7.64. The number of amides is 1. The zero-order chi connectivity index (χ0) is 16.2. The number of hydrogen-bond donors (Lipinski definition) is 2. The minimum absolute atomic E-state index is 0.00433. The Labute approximate surface area is 123 Å². The molecule has 0 aliphatic rings. The van der Waals surface area contributed by atoms with Crippen molar-refractivity contribution < 1.29 is 23.1 Å². The number of nitrogens with zero attached hydrogens (tertiary/aromatic N) is 1. The van der Waals surface area contributed by atoms with Gasteiger partial charge in [0, 0.05) is 20.5 Å². The second-order valence-electron chi connectivity index (χ2n) is 4.59. The van der Waals surface area contributed by atoms with Gasteiger partial charge in [-0.15, -0.1) is 0 Å². The fourth-order valence-electron chi connectivity index (χ4n) is 1.54. The van der Waals surface area contributed by atoms with Gasteiger partial charge in [-0.05, 0) is 24.6 Å². The number of carbonyl (C=O) groups is 2. The Hall–Kier alpha value is -1.93. The number of nitrogens with one attached hydrogen (secondary N) is 1. The predicted octanol–water partition coefficient (Wildman–Crippen LogP) is 0.416. The molecule has 0 saturated carbocycles. The molecule has 1 aromatic carbocycles. The molecule has 7 nitrogen and oxygen atoms in total. The fourth-order valence-corrected chi connectivity index (χ4v) is 2.85. The van der Waals surface area contributed by atoms with Crippen LogP contribution in [0.1, 0.15) is 19.4 Å². The van der Waals surface area contributed by atoms with Crippen LogP contribution in [0.4, 0.5) is 0 Å². The molecule has 2 N–H and O–H groups in total. The highest BCUT2D eigenvalue weighted by molar-refractivity contribution is 7.89. The van der Waals surface area contributed by atoms with E-state index in [-0.39, 0.29) is 10.8 Å². The third kappa shape index (κ3) is 4.27. The number of hydrogen-bond acceptors (Lipinski definition) is 4. The van der Waals surface area contributed by atoms with Crippen LogP contribution in [0.25, 0.3) is 0 Å². The number of sulfonamides is 1. The Balaban J connectivity index is 2.94. The SMILES string of the molecule is CC(=O)NCc1ccc(S(=O)(=O)N(C)C(C)C(=O)O)cc1. The van der Waals surface area contributed by atoms with E-state index in [0.29, 0.717) is 6.54 Å². The zero-order valence-corrected chi connectivity index (χ0v) is 12.8. The van der Waals surface area contributed by atoms with Gasteiger partial charge in [0.2, 0.25) is 15.9 Å². The third-order valence-corrected chi connectivity index (χ3v) is 4.99. The Morgan fingerprint density at radius 1 is 1.29 bits per heavy atom. The average molecular weight is 314 g/mol. The number of carbonyl (C=O) groups excluding carboxylic acids is 1. The van der Waals surface area contributed by atoms with E-state index < -0.39 is 22.0 Å². The molecule has 0 aliphatic carbocycles. The summed E-state index contributed by atoms with van der Waals surface area (Å²) in [5.41, 5.74) is 0.748. The van der Waals surface area contributed by atoms with E-state index in [2.05, 4.69) is 5.32 Å². The number of carboxylic acid groups (broad SMARTS) is 1. The summed E-state index contributed by atoms with van der Waals surface area (Å²) in [6.07, 6.45) is 0. The molecular formula is C13H18N2O5S. The highest BCUT2D eigenvalue weighted by Gasteiger charge is 2.29. The molecule has 0 bridgehead atoms. The minimum atomic E-state index is -3.87. The topological polar surface area (TPSA) is 104 Å². The van der Waals surface area contributed by atoms with Crippen LogP contribution in [0.15, 0.2) is 29.2 Å². The Bertz CT molecular complexity index is 624. The molecule has 0 aromatic heterocycles. The zero-order valence-electron chi connectivity index (χ0n) is 12.0. The summed E-state index contributed by atoms with van der Waals surface area (Å²) in [5.74, 6) is -1.40. The van der Waals surface area contributed by atoms with Crippen LogP contribution < -0.4 is 5.32 Å². The lowest BCUT2D eigenvalue weighted by atomic mass is 10.2. The summed E-state index contributed by atoms with van der Waals surface area (Å²) in [5, 5.41) is 11.5. The largest absolute Gasteiger partial charge is 0.480 e. The lowest BCUT2D eigenvalue weighted by Gasteiger charge is -2.21. The number of benzene rings is 1. The third-order valence-electron chi connectivity index (χ3n) is 3.04. The molecule has 1 aromatic rings. The first-order chi connectivity index (χ1) is 9.66. The Kier molecular flexibility index (Phi) is 5.45. The van der Waals surface area contributed by atoms with Gasteiger partial charge >= 0.3 is 5.97 Å². The van der Waals surface area contributed by atoms with Gasteiger partial charge in [0.15, 0.2) is 0 Å². The van der Waals surface area contributed by atoms with Crippen molar-refractivity contribution in [3.63, 3.8) is 0 Å². The van der Waals surface area contributed by atoms with Crippen molar-refractivity contribution in [3.05, 3.63) is 29.8 Å². The van der Waals surface area contributed by atoms with Crippen LogP contribution in [-0.4, -0.2) is 42.8 Å². The molecule has 0 radical (unpaired) electrons. The van der Waals surface area contributed by atoms with E-state index in [1.54, 1.807) is 12.1 Å². The maximum atomic E-state index is 12.2. The molecule has 0 aliphatic heterocycles. The van der Waals surface area contributed by atoms with Crippen molar-refractivity contribution in [2.75, 3.05) is 7.05 Å². The fraction of sp³-hybridized carbons (Fsp3) is 0.385. The minimum Gasteiger partial charge on any atom is -0.480 e. The second kappa shape index (κ2) is 6.68. The summed E-state index contributed by atoms with van der Waals surface area (Å²) in [4.78, 5) is 21.7. The van der Waals surface area contributed by atoms with Crippen molar-refractivity contribution in [2.24, 2.45) is 0 Å². The first-order valence-electron chi connectivity index (χ1n) is 6.20. The van der Waals surface area contributed by atoms with Gasteiger partial charge in [-0.2, -0.15) is 4.31 Å². The normalized spacial score (nSPS) is 13.0. The lowest BCUT2D eigenvalue weighted by Crippen LogP contribution is -2.40. The van der Waals surface area contributed by atoms with E-state index in [1.807, 2.05) is 0 Å². The monoisotopic (exact) mass is 314 g/mol. The second-order valence-corrected chi connectivity index (χ2v) is 6.59. The highest BCUT2D eigenvalue weighted by atomic mass is 32.2. The average Bonchev–Trinajstić information content (AvgIpc) is 2.43. The standard InChI is InChI=1S/C13H18N2O5S/c1-9(13(17)18)15(3)21(19,20)12-6-4-11(5-7-12)8-14-10(2)16/h4-7,9H,8H2,1-3H3,(H,14,16)(H,17,18). The van der Waals surface area contributed by atoms with E-state index >= 15 is 0 Å². The van der Waals surface area contributed by atoms with Crippen molar-refractivity contribution in [2.45, 2.75) is 31.3 Å². The smallest absolute Gasteiger partial charge is 0.321 e. The number of aliphatic carboxylic acids is 1. The molecule has 1 unspecified atom stereocenters. The molecule has 1 atom stereocenters. The summed E-state index contributed by atoms with van der Waals surface area (Å²) in [6.45, 7) is 2.99. The Morgan fingerprint density at radius 3 is 2.24 bits per heavy atom. The van der Waals surface area contributed by atoms with Gasteiger partial charge in [0.1, 0.15) is 6.04 Å². The van der Waals surface area contributed by atoms with Gasteiger partial charge in [-0.1, -0.05) is 12.1 Å². The number of rotatable bonds is 6. The molecule has 0 heterocycles. The molecule has 0 fully saturated rings. The van der Waals surface area contributed by atoms with E-state index in [4.69, 9.17) is 5.11 Å². The van der Waals surface area contributed by atoms with Crippen LogP contribution >= 0.6 is 0 Å². The number of likely N-dealkylation sites (N-methyl/N-ethyl adjacent to an activating group) is 1. The summed E-state index contributed by atoms with van der Waals surface area (Å²) in [6, 6.07) is 4.76. The van der Waals surface area contributed by atoms with E-state index in [1.165, 1.54) is 33.0 Å². The Morgan fingerprint density at radius 2 is 1.81 bits per heavy atom. The van der Waals surface area contributed by atoms with Gasteiger partial charge in [0.25, 0.3) is 0 Å². The van der Waals surface area contributed by atoms with Gasteiger partial charge in [-0.3, -0.25) is 9.59 Å². The van der Waals surface area contributed by atoms with Gasteiger partial charge in [-0.25, -0.2) is 8.42 Å². The van der Waals surface area contributed by atoms with Crippen LogP contribution in [-0.2, 0) is 26.2 Å². The maximum Gasteiger partial charge on any atom is 0.321 e. The summed E-state index contributed by atoms with van der Waals surface area (Å²) < 4.78 is 25.3. The number of carboxylic acids is 1. The molecular weight excluding hydrogens is 296 g/mol. The quantitative estimate of drug-likeness (QED) is 0.792. The van der Waals surface area contributed by atoms with Gasteiger partial charge < -0.3 is 10.4 Å². The van der Waals surface area contributed by atoms with Crippen LogP contribution in [0, 0.1) is 0 Å². The van der Waals surface area contributed by atoms with Gasteiger partial charge in [0.05, 0.1) is 4.90 Å². The first kappa shape index (κ1) is 17.1. The molecule has 21 heavy (non-hydrogen) atoms. The lowest BCUT2D eigenvalue weighted by molar-refractivity contribution is -0.140. The van der Waals surface area contributed by atoms with Crippen molar-refractivity contribution in [1.82, 2.24) is 9.62 Å². The van der Waals surface area contributed by atoms with Crippen molar-refractivity contribution >= 4 is 21.9 Å². The molecule has 116 valence electrons. The highest BCUT2D eigenvalue weighted by Crippen LogP contribution is 2.17. The van der Waals surface area contributed by atoms with Crippen molar-refractivity contribution in [1.29, 1.82) is 0 Å². The van der Waals surface area contributed by atoms with E-state index in [0.717, 1.165) is 9.87 Å². The van der Waals surface area contributed by atoms with Crippen molar-refractivity contribution in [3.8, 4) is 0 Å². The maximum absolute atomic E-state index is 12.2. The molecule has 0 spiro atoms. The van der Waals surface area contributed by atoms with Crippen LogP contribution in [0.2, 0.25) is 0 Å². The molecule has 1 rings (SSSR count). The summed E-state index contributed by atoms with van der Waals surface area (Å²) >= 11 is 0. The molecule has 8 heteroatoms. The van der Waals surface area contributed by atoms with E-state index in [9.17, 15) is 18.0 Å². The van der Waals surface area contributed by atoms with Crippen LogP contribution in [0.3, 0.4) is 0 Å². The predicted molar refractivity (Wildman–Crippen MR) is 76.0 cm³/mol. The molecule has 1 amide bonds. The van der Waals surface area contributed by atoms with Crippen LogP contribution in [0.5, 0.6) is 0 Å². The molecule has 0 saturated heterocycles. The summed E-state index contributed by atoms with van der Waals surface area (Å²) in [7, 11) is -2.64.